The highest BCUT2D eigenvalue weighted by Gasteiger charge is 2.28. The molecule has 2 nitrogen and oxygen atoms in total. The monoisotopic (exact) mass is 289 g/mol. The molecule has 1 amide bonds. The summed E-state index contributed by atoms with van der Waals surface area (Å²) in [5.74, 6) is 0.343. The third-order valence-electron chi connectivity index (χ3n) is 4.45. The van der Waals surface area contributed by atoms with E-state index in [9.17, 15) is 4.79 Å². The van der Waals surface area contributed by atoms with Crippen LogP contribution in [-0.2, 0) is 11.2 Å². The lowest BCUT2D eigenvalue weighted by molar-refractivity contribution is -0.129. The topological polar surface area (TPSA) is 20.3 Å². The van der Waals surface area contributed by atoms with Crippen LogP contribution < -0.4 is 0 Å². The maximum absolute atomic E-state index is 12.4. The minimum atomic E-state index is 0.0873. The van der Waals surface area contributed by atoms with Crippen LogP contribution in [0.25, 0.3) is 0 Å². The Labute approximate surface area is 125 Å². The van der Waals surface area contributed by atoms with E-state index < -0.39 is 0 Å². The number of carbonyl (C=O) groups is 1. The number of fused-ring (bicyclic) bond motifs is 1. The minimum absolute atomic E-state index is 0.0873. The zero-order chi connectivity index (χ0) is 13.9. The average Bonchev–Trinajstić information content (AvgIpc) is 3.01. The first-order valence-corrected chi connectivity index (χ1v) is 8.72. The molecule has 2 aliphatic rings. The Hall–Kier alpha value is -0.960. The van der Waals surface area contributed by atoms with Gasteiger partial charge in [-0.2, -0.15) is 0 Å². The van der Waals surface area contributed by atoms with Gasteiger partial charge in [0.25, 0.3) is 0 Å². The number of amides is 1. The second-order valence-corrected chi connectivity index (χ2v) is 7.44. The lowest BCUT2D eigenvalue weighted by Crippen LogP contribution is -2.34. The molecule has 1 fully saturated rings. The van der Waals surface area contributed by atoms with E-state index in [-0.39, 0.29) is 5.25 Å². The number of hydrogen-bond donors (Lipinski definition) is 0. The third kappa shape index (κ3) is 2.88. The molecule has 0 radical (unpaired) electrons. The van der Waals surface area contributed by atoms with Crippen LogP contribution in [0.5, 0.6) is 0 Å². The van der Waals surface area contributed by atoms with Gasteiger partial charge in [0.15, 0.2) is 0 Å². The minimum Gasteiger partial charge on any atom is -0.342 e. The van der Waals surface area contributed by atoms with Gasteiger partial charge in [0.05, 0.1) is 5.25 Å². The highest BCUT2D eigenvalue weighted by molar-refractivity contribution is 8.00. The summed E-state index contributed by atoms with van der Waals surface area (Å²) in [5, 5.41) is 0.589. The zero-order valence-electron chi connectivity index (χ0n) is 12.2. The van der Waals surface area contributed by atoms with Crippen LogP contribution in [-0.4, -0.2) is 29.1 Å². The van der Waals surface area contributed by atoms with E-state index in [1.54, 1.807) is 0 Å². The molecular formula is C17H23NOS. The summed E-state index contributed by atoms with van der Waals surface area (Å²) in [7, 11) is 0. The van der Waals surface area contributed by atoms with Crippen LogP contribution in [0.4, 0.5) is 0 Å². The van der Waals surface area contributed by atoms with Crippen LogP contribution in [0.15, 0.2) is 24.3 Å². The molecule has 3 heteroatoms. The van der Waals surface area contributed by atoms with Crippen molar-refractivity contribution in [1.82, 2.24) is 4.90 Å². The Bertz CT molecular complexity index is 482. The Morgan fingerprint density at radius 1 is 1.25 bits per heavy atom. The Morgan fingerprint density at radius 2 is 2.00 bits per heavy atom. The maximum Gasteiger partial charge on any atom is 0.235 e. The number of hydrogen-bond acceptors (Lipinski definition) is 2. The van der Waals surface area contributed by atoms with Crippen molar-refractivity contribution in [2.24, 2.45) is 0 Å². The van der Waals surface area contributed by atoms with Crippen molar-refractivity contribution in [1.29, 1.82) is 0 Å². The molecule has 108 valence electrons. The number of carbonyl (C=O) groups excluding carboxylic acids is 1. The van der Waals surface area contributed by atoms with Crippen molar-refractivity contribution >= 4 is 17.7 Å². The largest absolute Gasteiger partial charge is 0.342 e. The van der Waals surface area contributed by atoms with Gasteiger partial charge in [0.1, 0.15) is 0 Å². The third-order valence-corrected chi connectivity index (χ3v) is 5.88. The number of likely N-dealkylation sites (tertiary alicyclic amines) is 1. The Kier molecular flexibility index (Phi) is 4.35. The fourth-order valence-corrected chi connectivity index (χ4v) is 4.79. The standard InChI is InChI=1S/C17H23NOS/c1-13(17(19)18-11-4-5-12-18)20-16-10-6-8-14-7-2-3-9-15(14)16/h2-3,7,9,13,16H,4-6,8,10-12H2,1H3. The van der Waals surface area contributed by atoms with Crippen molar-refractivity contribution in [3.8, 4) is 0 Å². The van der Waals surface area contributed by atoms with E-state index in [2.05, 4.69) is 31.2 Å². The van der Waals surface area contributed by atoms with E-state index in [1.165, 1.54) is 43.2 Å². The van der Waals surface area contributed by atoms with Crippen molar-refractivity contribution in [3.63, 3.8) is 0 Å². The van der Waals surface area contributed by atoms with Gasteiger partial charge in [-0.25, -0.2) is 0 Å². The highest BCUT2D eigenvalue weighted by Crippen LogP contribution is 2.42. The van der Waals surface area contributed by atoms with Crippen molar-refractivity contribution in [2.45, 2.75) is 49.5 Å². The lowest BCUT2D eigenvalue weighted by atomic mass is 9.91. The van der Waals surface area contributed by atoms with Gasteiger partial charge in [-0.15, -0.1) is 11.8 Å². The van der Waals surface area contributed by atoms with Gasteiger partial charge < -0.3 is 4.90 Å². The van der Waals surface area contributed by atoms with Crippen molar-refractivity contribution in [3.05, 3.63) is 35.4 Å². The quantitative estimate of drug-likeness (QED) is 0.843. The molecule has 0 aromatic heterocycles. The van der Waals surface area contributed by atoms with Crippen LogP contribution in [0, 0.1) is 0 Å². The van der Waals surface area contributed by atoms with Crippen LogP contribution in [0.3, 0.4) is 0 Å². The molecule has 1 aliphatic heterocycles. The molecule has 0 N–H and O–H groups in total. The summed E-state index contributed by atoms with van der Waals surface area (Å²) < 4.78 is 0. The number of aryl methyl sites for hydroxylation is 1. The first-order valence-electron chi connectivity index (χ1n) is 7.78. The Balaban J connectivity index is 1.67. The lowest BCUT2D eigenvalue weighted by Gasteiger charge is -2.28. The van der Waals surface area contributed by atoms with Gasteiger partial charge >= 0.3 is 0 Å². The van der Waals surface area contributed by atoms with E-state index >= 15 is 0 Å². The van der Waals surface area contributed by atoms with Gasteiger partial charge in [-0.05, 0) is 50.2 Å². The normalized spacial score (nSPS) is 23.4. The average molecular weight is 289 g/mol. The van der Waals surface area contributed by atoms with E-state index in [0.717, 1.165) is 13.1 Å². The first-order chi connectivity index (χ1) is 9.75. The van der Waals surface area contributed by atoms with Crippen LogP contribution in [0.2, 0.25) is 0 Å². The predicted molar refractivity (Wildman–Crippen MR) is 85.0 cm³/mol. The van der Waals surface area contributed by atoms with Crippen molar-refractivity contribution in [2.75, 3.05) is 13.1 Å². The van der Waals surface area contributed by atoms with Gasteiger partial charge in [-0.1, -0.05) is 24.3 Å². The van der Waals surface area contributed by atoms with Gasteiger partial charge in [0.2, 0.25) is 5.91 Å². The molecule has 20 heavy (non-hydrogen) atoms. The summed E-state index contributed by atoms with van der Waals surface area (Å²) in [5.41, 5.74) is 2.95. The molecule has 1 aromatic rings. The van der Waals surface area contributed by atoms with E-state index in [4.69, 9.17) is 0 Å². The predicted octanol–water partition coefficient (Wildman–Crippen LogP) is 3.81. The molecule has 1 heterocycles. The molecule has 1 aromatic carbocycles. The van der Waals surface area contributed by atoms with Gasteiger partial charge in [-0.3, -0.25) is 4.79 Å². The molecule has 2 atom stereocenters. The van der Waals surface area contributed by atoms with E-state index in [1.807, 2.05) is 16.7 Å². The summed E-state index contributed by atoms with van der Waals surface area (Å²) in [6.07, 6.45) is 6.01. The molecule has 3 rings (SSSR count). The summed E-state index contributed by atoms with van der Waals surface area (Å²) in [6.45, 7) is 4.01. The molecule has 0 bridgehead atoms. The number of benzene rings is 1. The SMILES string of the molecule is CC(SC1CCCc2ccccc21)C(=O)N1CCCC1. The smallest absolute Gasteiger partial charge is 0.235 e. The molecule has 1 saturated heterocycles. The number of rotatable bonds is 3. The highest BCUT2D eigenvalue weighted by atomic mass is 32.2. The fourth-order valence-electron chi connectivity index (χ4n) is 3.35. The van der Waals surface area contributed by atoms with Crippen LogP contribution in [0.1, 0.15) is 49.0 Å². The van der Waals surface area contributed by atoms with Gasteiger partial charge in [0, 0.05) is 18.3 Å². The Morgan fingerprint density at radius 3 is 2.80 bits per heavy atom. The second kappa shape index (κ2) is 6.21. The molecule has 2 unspecified atom stereocenters. The maximum atomic E-state index is 12.4. The van der Waals surface area contributed by atoms with Crippen molar-refractivity contribution < 1.29 is 4.79 Å². The zero-order valence-corrected chi connectivity index (χ0v) is 13.0. The molecule has 0 saturated carbocycles. The molecular weight excluding hydrogens is 266 g/mol. The van der Waals surface area contributed by atoms with Crippen LogP contribution >= 0.6 is 11.8 Å². The second-order valence-electron chi connectivity index (χ2n) is 5.89. The molecule has 1 aliphatic carbocycles. The van der Waals surface area contributed by atoms with E-state index in [0.29, 0.717) is 11.2 Å². The number of thioether (sulfide) groups is 1. The fraction of sp³-hybridized carbons (Fsp3) is 0.588. The number of nitrogens with zero attached hydrogens (tertiary/aromatic N) is 1. The summed E-state index contributed by atoms with van der Waals surface area (Å²) in [4.78, 5) is 14.5. The summed E-state index contributed by atoms with van der Waals surface area (Å²) in [6, 6.07) is 8.75. The summed E-state index contributed by atoms with van der Waals surface area (Å²) >= 11 is 1.87. The first kappa shape index (κ1) is 14.0. The molecule has 0 spiro atoms.